The summed E-state index contributed by atoms with van der Waals surface area (Å²) >= 11 is 9.24. The molecule has 2 aromatic carbocycles. The van der Waals surface area contributed by atoms with Crippen LogP contribution in [-0.2, 0) is 0 Å². The number of nitriles is 1. The third-order valence-electron chi connectivity index (χ3n) is 2.73. The van der Waals surface area contributed by atoms with Crippen molar-refractivity contribution in [1.82, 2.24) is 0 Å². The van der Waals surface area contributed by atoms with Crippen LogP contribution in [0.1, 0.15) is 21.8 Å². The molecule has 0 bridgehead atoms. The lowest BCUT2D eigenvalue weighted by atomic mass is 9.92. The van der Waals surface area contributed by atoms with E-state index < -0.39 is 5.92 Å². The van der Waals surface area contributed by atoms with Gasteiger partial charge in [0.2, 0.25) is 0 Å². The van der Waals surface area contributed by atoms with Crippen LogP contribution < -0.4 is 0 Å². The second-order valence-corrected chi connectivity index (χ2v) is 5.23. The number of halogens is 2. The van der Waals surface area contributed by atoms with Crippen LogP contribution in [0.5, 0.6) is 0 Å². The molecule has 0 amide bonds. The van der Waals surface area contributed by atoms with Crippen molar-refractivity contribution in [2.45, 2.75) is 5.92 Å². The largest absolute Gasteiger partial charge is 0.292 e. The van der Waals surface area contributed by atoms with Gasteiger partial charge in [0.15, 0.2) is 5.78 Å². The first-order valence-corrected chi connectivity index (χ1v) is 6.74. The van der Waals surface area contributed by atoms with Crippen molar-refractivity contribution in [3.05, 3.63) is 69.2 Å². The second-order valence-electron chi connectivity index (χ2n) is 3.97. The summed E-state index contributed by atoms with van der Waals surface area (Å²) in [5.41, 5.74) is 1.12. The Hall–Kier alpha value is -1.63. The lowest BCUT2D eigenvalue weighted by Crippen LogP contribution is -2.11. The van der Waals surface area contributed by atoms with E-state index in [2.05, 4.69) is 15.9 Å². The van der Waals surface area contributed by atoms with Gasteiger partial charge in [0, 0.05) is 10.0 Å². The molecule has 0 fully saturated rings. The van der Waals surface area contributed by atoms with Gasteiger partial charge in [-0.1, -0.05) is 48.0 Å². The molecular formula is C15H9BrClNO. The molecule has 2 aromatic rings. The normalized spacial score (nSPS) is 11.6. The minimum Gasteiger partial charge on any atom is -0.292 e. The monoisotopic (exact) mass is 333 g/mol. The molecule has 0 saturated heterocycles. The van der Waals surface area contributed by atoms with E-state index in [0.717, 1.165) is 4.47 Å². The van der Waals surface area contributed by atoms with Crippen LogP contribution in [0.3, 0.4) is 0 Å². The van der Waals surface area contributed by atoms with E-state index >= 15 is 0 Å². The predicted octanol–water partition coefficient (Wildman–Crippen LogP) is 4.59. The lowest BCUT2D eigenvalue weighted by molar-refractivity contribution is 0.0979. The average Bonchev–Trinajstić information content (AvgIpc) is 2.44. The highest BCUT2D eigenvalue weighted by Crippen LogP contribution is 2.26. The van der Waals surface area contributed by atoms with E-state index in [4.69, 9.17) is 11.6 Å². The fourth-order valence-electron chi connectivity index (χ4n) is 1.75. The van der Waals surface area contributed by atoms with E-state index in [1.165, 1.54) is 0 Å². The number of hydrogen-bond donors (Lipinski definition) is 0. The van der Waals surface area contributed by atoms with Gasteiger partial charge in [-0.15, -0.1) is 0 Å². The fourth-order valence-corrected chi connectivity index (χ4v) is 2.17. The average molecular weight is 335 g/mol. The van der Waals surface area contributed by atoms with Crippen molar-refractivity contribution in [2.75, 3.05) is 0 Å². The summed E-state index contributed by atoms with van der Waals surface area (Å²) in [4.78, 5) is 12.3. The first-order chi connectivity index (χ1) is 9.13. The molecule has 1 unspecified atom stereocenters. The molecule has 2 rings (SSSR count). The maximum absolute atomic E-state index is 12.3. The number of carbonyl (C=O) groups excluding carboxylic acids is 1. The minimum atomic E-state index is -0.807. The Labute approximate surface area is 124 Å². The van der Waals surface area contributed by atoms with E-state index in [-0.39, 0.29) is 5.78 Å². The van der Waals surface area contributed by atoms with Gasteiger partial charge in [-0.3, -0.25) is 4.79 Å². The van der Waals surface area contributed by atoms with Crippen LogP contribution in [0.4, 0.5) is 0 Å². The molecule has 0 saturated carbocycles. The van der Waals surface area contributed by atoms with Crippen LogP contribution in [0.25, 0.3) is 0 Å². The molecular weight excluding hydrogens is 326 g/mol. The van der Waals surface area contributed by atoms with Gasteiger partial charge < -0.3 is 0 Å². The Kier molecular flexibility index (Phi) is 4.36. The van der Waals surface area contributed by atoms with Gasteiger partial charge in [0.05, 0.1) is 11.1 Å². The summed E-state index contributed by atoms with van der Waals surface area (Å²) in [6.07, 6.45) is 0. The third kappa shape index (κ3) is 3.04. The summed E-state index contributed by atoms with van der Waals surface area (Å²) in [5, 5.41) is 9.68. The first kappa shape index (κ1) is 13.8. The van der Waals surface area contributed by atoms with Gasteiger partial charge >= 0.3 is 0 Å². The summed E-state index contributed by atoms with van der Waals surface area (Å²) < 4.78 is 0.721. The van der Waals surface area contributed by atoms with Gasteiger partial charge in [-0.05, 0) is 33.6 Å². The summed E-state index contributed by atoms with van der Waals surface area (Å²) in [7, 11) is 0. The molecule has 94 valence electrons. The molecule has 0 spiro atoms. The van der Waals surface area contributed by atoms with Crippen LogP contribution in [-0.4, -0.2) is 5.78 Å². The topological polar surface area (TPSA) is 40.9 Å². The first-order valence-electron chi connectivity index (χ1n) is 5.57. The van der Waals surface area contributed by atoms with Crippen molar-refractivity contribution in [3.8, 4) is 6.07 Å². The summed E-state index contributed by atoms with van der Waals surface area (Å²) in [5.74, 6) is -1.05. The summed E-state index contributed by atoms with van der Waals surface area (Å²) in [6, 6.07) is 16.0. The molecule has 0 heterocycles. The SMILES string of the molecule is N#CC(C(=O)c1ccc(Br)c(Cl)c1)c1ccccc1. The summed E-state index contributed by atoms with van der Waals surface area (Å²) in [6.45, 7) is 0. The standard InChI is InChI=1S/C15H9BrClNO/c16-13-7-6-11(8-14(13)17)15(19)12(9-18)10-4-2-1-3-5-10/h1-8,12H. The predicted molar refractivity (Wildman–Crippen MR) is 78.3 cm³/mol. The van der Waals surface area contributed by atoms with E-state index in [0.29, 0.717) is 16.1 Å². The smallest absolute Gasteiger partial charge is 0.184 e. The lowest BCUT2D eigenvalue weighted by Gasteiger charge is -2.09. The Morgan fingerprint density at radius 1 is 1.21 bits per heavy atom. The zero-order valence-electron chi connectivity index (χ0n) is 9.81. The molecule has 0 aliphatic heterocycles. The molecule has 0 aliphatic carbocycles. The minimum absolute atomic E-state index is 0.247. The van der Waals surface area contributed by atoms with Gasteiger partial charge in [0.25, 0.3) is 0 Å². The van der Waals surface area contributed by atoms with E-state index in [1.54, 1.807) is 30.3 Å². The number of Topliss-reactive ketones (excluding diaryl/α,β-unsaturated/α-hetero) is 1. The Morgan fingerprint density at radius 2 is 1.89 bits per heavy atom. The Bertz CT molecular complexity index is 649. The number of benzene rings is 2. The third-order valence-corrected chi connectivity index (χ3v) is 3.96. The quantitative estimate of drug-likeness (QED) is 0.770. The van der Waals surface area contributed by atoms with Crippen LogP contribution in [0, 0.1) is 11.3 Å². The maximum atomic E-state index is 12.3. The van der Waals surface area contributed by atoms with Crippen LogP contribution >= 0.6 is 27.5 Å². The Morgan fingerprint density at radius 3 is 2.47 bits per heavy atom. The Balaban J connectivity index is 2.37. The van der Waals surface area contributed by atoms with Crippen molar-refractivity contribution >= 4 is 33.3 Å². The zero-order valence-corrected chi connectivity index (χ0v) is 12.1. The van der Waals surface area contributed by atoms with Gasteiger partial charge in [-0.2, -0.15) is 5.26 Å². The number of rotatable bonds is 3. The molecule has 4 heteroatoms. The molecule has 0 aliphatic rings. The maximum Gasteiger partial charge on any atom is 0.184 e. The van der Waals surface area contributed by atoms with Crippen molar-refractivity contribution in [3.63, 3.8) is 0 Å². The van der Waals surface area contributed by atoms with Crippen molar-refractivity contribution < 1.29 is 4.79 Å². The van der Waals surface area contributed by atoms with Crippen molar-refractivity contribution in [2.24, 2.45) is 0 Å². The number of nitrogens with zero attached hydrogens (tertiary/aromatic N) is 1. The van der Waals surface area contributed by atoms with Crippen molar-refractivity contribution in [1.29, 1.82) is 5.26 Å². The molecule has 19 heavy (non-hydrogen) atoms. The number of carbonyl (C=O) groups is 1. The molecule has 0 radical (unpaired) electrons. The van der Waals surface area contributed by atoms with E-state index in [1.807, 2.05) is 24.3 Å². The van der Waals surface area contributed by atoms with Gasteiger partial charge in [-0.25, -0.2) is 0 Å². The van der Waals surface area contributed by atoms with Crippen LogP contribution in [0.15, 0.2) is 53.0 Å². The highest BCUT2D eigenvalue weighted by Gasteiger charge is 2.21. The van der Waals surface area contributed by atoms with Crippen LogP contribution in [0.2, 0.25) is 5.02 Å². The molecule has 0 aromatic heterocycles. The molecule has 1 atom stereocenters. The number of hydrogen-bond acceptors (Lipinski definition) is 2. The van der Waals surface area contributed by atoms with E-state index in [9.17, 15) is 10.1 Å². The number of ketones is 1. The highest BCUT2D eigenvalue weighted by molar-refractivity contribution is 9.10. The fraction of sp³-hybridized carbons (Fsp3) is 0.0667. The molecule has 2 nitrogen and oxygen atoms in total. The molecule has 0 N–H and O–H groups in total. The second kappa shape index (κ2) is 6.01. The van der Waals surface area contributed by atoms with Gasteiger partial charge in [0.1, 0.15) is 5.92 Å². The highest BCUT2D eigenvalue weighted by atomic mass is 79.9. The zero-order chi connectivity index (χ0) is 13.8.